The predicted octanol–water partition coefficient (Wildman–Crippen LogP) is 4.97. The number of carbonyl (C=O) groups excluding carboxylic acids is 1. The van der Waals surface area contributed by atoms with Gasteiger partial charge in [0.25, 0.3) is 5.91 Å². The van der Waals surface area contributed by atoms with E-state index < -0.39 is 15.1 Å². The molecule has 34 heavy (non-hydrogen) atoms. The first-order chi connectivity index (χ1) is 16.3. The fourth-order valence-corrected chi connectivity index (χ4v) is 5.74. The molecule has 0 aliphatic rings. The van der Waals surface area contributed by atoms with Crippen LogP contribution in [0.5, 0.6) is 0 Å². The van der Waals surface area contributed by atoms with Crippen LogP contribution in [0.2, 0.25) is 0 Å². The zero-order chi connectivity index (χ0) is 24.3. The number of imidazole rings is 1. The number of aryl methyl sites for hydroxylation is 2. The number of nitrogens with zero attached hydrogens (tertiary/aromatic N) is 4. The summed E-state index contributed by atoms with van der Waals surface area (Å²) >= 11 is 1.50. The fourth-order valence-electron chi connectivity index (χ4n) is 3.62. The van der Waals surface area contributed by atoms with Gasteiger partial charge in [-0.15, -0.1) is 0 Å². The van der Waals surface area contributed by atoms with Crippen molar-refractivity contribution in [2.45, 2.75) is 50.3 Å². The van der Waals surface area contributed by atoms with E-state index in [9.17, 15) is 13.2 Å². The maximum atomic E-state index is 13.6. The number of sulfone groups is 1. The van der Waals surface area contributed by atoms with Gasteiger partial charge in [0.05, 0.1) is 26.7 Å². The van der Waals surface area contributed by atoms with Crippen molar-refractivity contribution in [3.8, 4) is 0 Å². The Labute approximate surface area is 204 Å². The zero-order valence-corrected chi connectivity index (χ0v) is 21.1. The van der Waals surface area contributed by atoms with Crippen molar-refractivity contribution in [1.82, 2.24) is 14.5 Å². The first kappa shape index (κ1) is 24.1. The molecule has 0 fully saturated rings. The SMILES string of the molecule is CCc1ccc2nc(N(CCCn3ccnc3)C(=O)c3ccc(S(=O)(=O)C(C)C)cc3)sc2c1. The molecule has 0 radical (unpaired) electrons. The third kappa shape index (κ3) is 5.05. The average Bonchev–Trinajstić information content (AvgIpc) is 3.50. The van der Waals surface area contributed by atoms with Gasteiger partial charge < -0.3 is 4.57 Å². The Bertz CT molecular complexity index is 1380. The van der Waals surface area contributed by atoms with Crippen LogP contribution in [-0.2, 0) is 22.8 Å². The molecule has 0 bridgehead atoms. The van der Waals surface area contributed by atoms with Crippen molar-refractivity contribution >= 4 is 42.4 Å². The molecular formula is C25H28N4O3S2. The van der Waals surface area contributed by atoms with Crippen LogP contribution >= 0.6 is 11.3 Å². The quantitative estimate of drug-likeness (QED) is 0.326. The summed E-state index contributed by atoms with van der Waals surface area (Å²) in [7, 11) is -3.40. The van der Waals surface area contributed by atoms with Crippen molar-refractivity contribution in [1.29, 1.82) is 0 Å². The van der Waals surface area contributed by atoms with Crippen LogP contribution in [-0.4, -0.2) is 40.7 Å². The Morgan fingerprint density at radius 3 is 2.56 bits per heavy atom. The minimum atomic E-state index is -3.40. The minimum absolute atomic E-state index is 0.200. The highest BCUT2D eigenvalue weighted by Gasteiger charge is 2.23. The maximum absolute atomic E-state index is 13.6. The molecule has 2 aromatic carbocycles. The lowest BCUT2D eigenvalue weighted by molar-refractivity contribution is 0.0986. The second-order valence-electron chi connectivity index (χ2n) is 8.38. The van der Waals surface area contributed by atoms with E-state index >= 15 is 0 Å². The van der Waals surface area contributed by atoms with E-state index in [0.29, 0.717) is 17.2 Å². The van der Waals surface area contributed by atoms with Crippen LogP contribution in [0.3, 0.4) is 0 Å². The van der Waals surface area contributed by atoms with Gasteiger partial charge in [-0.1, -0.05) is 24.3 Å². The van der Waals surface area contributed by atoms with E-state index in [1.807, 2.05) is 16.8 Å². The summed E-state index contributed by atoms with van der Waals surface area (Å²) in [4.78, 5) is 24.3. The molecule has 178 valence electrons. The van der Waals surface area contributed by atoms with Crippen molar-refractivity contribution in [3.05, 3.63) is 72.3 Å². The van der Waals surface area contributed by atoms with Crippen LogP contribution < -0.4 is 4.90 Å². The first-order valence-corrected chi connectivity index (χ1v) is 13.7. The van der Waals surface area contributed by atoms with Gasteiger partial charge in [-0.3, -0.25) is 9.69 Å². The summed E-state index contributed by atoms with van der Waals surface area (Å²) in [6, 6.07) is 12.4. The van der Waals surface area contributed by atoms with Gasteiger partial charge in [0.15, 0.2) is 15.0 Å². The molecule has 4 rings (SSSR count). The molecule has 1 amide bonds. The third-order valence-electron chi connectivity index (χ3n) is 5.73. The summed E-state index contributed by atoms with van der Waals surface area (Å²) in [5.74, 6) is -0.200. The Hall–Kier alpha value is -3.04. The second-order valence-corrected chi connectivity index (χ2v) is 11.9. The number of benzene rings is 2. The zero-order valence-electron chi connectivity index (χ0n) is 19.5. The predicted molar refractivity (Wildman–Crippen MR) is 136 cm³/mol. The topological polar surface area (TPSA) is 85.2 Å². The van der Waals surface area contributed by atoms with E-state index in [1.54, 1.807) is 43.4 Å². The normalized spacial score (nSPS) is 11.9. The van der Waals surface area contributed by atoms with E-state index in [0.717, 1.165) is 29.6 Å². The van der Waals surface area contributed by atoms with Gasteiger partial charge in [-0.25, -0.2) is 18.4 Å². The molecule has 0 saturated carbocycles. The number of anilines is 1. The van der Waals surface area contributed by atoms with E-state index in [4.69, 9.17) is 4.98 Å². The summed E-state index contributed by atoms with van der Waals surface area (Å²) in [6.45, 7) is 6.60. The summed E-state index contributed by atoms with van der Waals surface area (Å²) < 4.78 is 27.9. The summed E-state index contributed by atoms with van der Waals surface area (Å²) in [6.07, 6.45) is 7.03. The Balaban J connectivity index is 1.63. The lowest BCUT2D eigenvalue weighted by atomic mass is 10.2. The number of rotatable bonds is 9. The molecule has 0 saturated heterocycles. The molecule has 0 unspecified atom stereocenters. The highest BCUT2D eigenvalue weighted by atomic mass is 32.2. The molecule has 9 heteroatoms. The molecule has 0 atom stereocenters. The van der Waals surface area contributed by atoms with E-state index in [2.05, 4.69) is 24.0 Å². The molecule has 0 spiro atoms. The van der Waals surface area contributed by atoms with Crippen molar-refractivity contribution in [2.24, 2.45) is 0 Å². The molecule has 2 aromatic heterocycles. The highest BCUT2D eigenvalue weighted by molar-refractivity contribution is 7.92. The molecule has 0 aliphatic carbocycles. The second kappa shape index (κ2) is 10.1. The van der Waals surface area contributed by atoms with Crippen LogP contribution in [0.1, 0.15) is 43.1 Å². The van der Waals surface area contributed by atoms with Gasteiger partial charge in [-0.2, -0.15) is 0 Å². The molecule has 0 N–H and O–H groups in total. The molecule has 7 nitrogen and oxygen atoms in total. The minimum Gasteiger partial charge on any atom is -0.337 e. The average molecular weight is 497 g/mol. The van der Waals surface area contributed by atoms with Crippen LogP contribution in [0.25, 0.3) is 10.2 Å². The Morgan fingerprint density at radius 1 is 1.15 bits per heavy atom. The molecule has 0 aliphatic heterocycles. The number of amides is 1. The fraction of sp³-hybridized carbons (Fsp3) is 0.320. The number of thiazole rings is 1. The van der Waals surface area contributed by atoms with Gasteiger partial charge in [0.2, 0.25) is 0 Å². The van der Waals surface area contributed by atoms with Crippen molar-refractivity contribution < 1.29 is 13.2 Å². The van der Waals surface area contributed by atoms with E-state index in [1.165, 1.54) is 29.0 Å². The monoisotopic (exact) mass is 496 g/mol. The molecule has 4 aromatic rings. The Kier molecular flexibility index (Phi) is 7.13. The van der Waals surface area contributed by atoms with Gasteiger partial charge in [-0.05, 0) is 68.7 Å². The number of hydrogen-bond acceptors (Lipinski definition) is 6. The standard InChI is InChI=1S/C25H28N4O3S2/c1-4-19-6-11-22-23(16-19)33-25(27-22)29(14-5-13-28-15-12-26-17-28)24(30)20-7-9-21(10-8-20)34(31,32)18(2)3/h6-12,15-18H,4-5,13-14H2,1-3H3. The van der Waals surface area contributed by atoms with Crippen LogP contribution in [0.4, 0.5) is 5.13 Å². The van der Waals surface area contributed by atoms with Crippen LogP contribution in [0.15, 0.2) is 66.1 Å². The number of aromatic nitrogens is 3. The third-order valence-corrected chi connectivity index (χ3v) is 8.95. The first-order valence-electron chi connectivity index (χ1n) is 11.3. The number of carbonyl (C=O) groups is 1. The van der Waals surface area contributed by atoms with Gasteiger partial charge in [0, 0.05) is 31.0 Å². The van der Waals surface area contributed by atoms with Gasteiger partial charge >= 0.3 is 0 Å². The Morgan fingerprint density at radius 2 is 1.91 bits per heavy atom. The summed E-state index contributed by atoms with van der Waals surface area (Å²) in [5.41, 5.74) is 2.52. The molecule has 2 heterocycles. The van der Waals surface area contributed by atoms with E-state index in [-0.39, 0.29) is 10.8 Å². The maximum Gasteiger partial charge on any atom is 0.260 e. The largest absolute Gasteiger partial charge is 0.337 e. The number of hydrogen-bond donors (Lipinski definition) is 0. The molecular weight excluding hydrogens is 468 g/mol. The lowest BCUT2D eigenvalue weighted by Gasteiger charge is -2.20. The summed E-state index contributed by atoms with van der Waals surface area (Å²) in [5, 5.41) is 0.113. The van der Waals surface area contributed by atoms with Gasteiger partial charge in [0.1, 0.15) is 0 Å². The number of fused-ring (bicyclic) bond motifs is 1. The van der Waals surface area contributed by atoms with Crippen LogP contribution in [0, 0.1) is 0 Å². The smallest absolute Gasteiger partial charge is 0.260 e. The van der Waals surface area contributed by atoms with Crippen molar-refractivity contribution in [3.63, 3.8) is 0 Å². The van der Waals surface area contributed by atoms with Crippen molar-refractivity contribution in [2.75, 3.05) is 11.4 Å². The lowest BCUT2D eigenvalue weighted by Crippen LogP contribution is -2.32. The highest BCUT2D eigenvalue weighted by Crippen LogP contribution is 2.31.